The van der Waals surface area contributed by atoms with Gasteiger partial charge < -0.3 is 4.90 Å². The molecule has 0 unspecified atom stereocenters. The lowest BCUT2D eigenvalue weighted by molar-refractivity contribution is -0.118. The molecule has 1 amide bonds. The molecule has 21 heavy (non-hydrogen) atoms. The van der Waals surface area contributed by atoms with Crippen LogP contribution in [0.4, 0.5) is 5.69 Å². The van der Waals surface area contributed by atoms with E-state index >= 15 is 0 Å². The van der Waals surface area contributed by atoms with E-state index in [2.05, 4.69) is 4.72 Å². The van der Waals surface area contributed by atoms with Crippen LogP contribution in [-0.4, -0.2) is 28.0 Å². The molecule has 3 rings (SSSR count). The van der Waals surface area contributed by atoms with E-state index in [-0.39, 0.29) is 5.91 Å². The molecular formula is C14H19BN2O3S. The fourth-order valence-electron chi connectivity index (χ4n) is 2.70. The van der Waals surface area contributed by atoms with Crippen LogP contribution in [-0.2, 0) is 27.6 Å². The van der Waals surface area contributed by atoms with E-state index in [9.17, 15) is 13.2 Å². The SMILES string of the molecule is BS(=O)(=O)NCc1ccc2c(c1)CCC(=O)N2CC1CC1. The number of anilines is 1. The number of aryl methyl sites for hydroxylation is 1. The van der Waals surface area contributed by atoms with Gasteiger partial charge in [0, 0.05) is 25.2 Å². The molecule has 0 spiro atoms. The Morgan fingerprint density at radius 1 is 1.29 bits per heavy atom. The molecule has 2 aliphatic rings. The van der Waals surface area contributed by atoms with Gasteiger partial charge in [0.25, 0.3) is 7.12 Å². The molecule has 0 radical (unpaired) electrons. The van der Waals surface area contributed by atoms with Crippen molar-refractivity contribution in [3.05, 3.63) is 29.3 Å². The van der Waals surface area contributed by atoms with Crippen molar-refractivity contribution in [1.82, 2.24) is 4.72 Å². The molecule has 0 aromatic heterocycles. The molecule has 0 saturated heterocycles. The van der Waals surface area contributed by atoms with Crippen molar-refractivity contribution in [3.8, 4) is 0 Å². The summed E-state index contributed by atoms with van der Waals surface area (Å²) in [5, 5.41) is 0. The average Bonchev–Trinajstić information content (AvgIpc) is 3.23. The summed E-state index contributed by atoms with van der Waals surface area (Å²) in [6.45, 7) is 1.12. The fraction of sp³-hybridized carbons (Fsp3) is 0.500. The van der Waals surface area contributed by atoms with Gasteiger partial charge in [0.15, 0.2) is 9.87 Å². The summed E-state index contributed by atoms with van der Waals surface area (Å²) < 4.78 is 24.8. The zero-order valence-corrected chi connectivity index (χ0v) is 12.9. The Kier molecular flexibility index (Phi) is 3.79. The van der Waals surface area contributed by atoms with Gasteiger partial charge in [-0.2, -0.15) is 0 Å². The highest BCUT2D eigenvalue weighted by Gasteiger charge is 2.30. The normalized spacial score (nSPS) is 18.7. The maximum Gasteiger partial charge on any atom is 0.275 e. The third-order valence-corrected chi connectivity index (χ3v) is 4.69. The second-order valence-electron chi connectivity index (χ2n) is 6.00. The number of hydrogen-bond acceptors (Lipinski definition) is 3. The summed E-state index contributed by atoms with van der Waals surface area (Å²) in [5.74, 6) is 0.864. The summed E-state index contributed by atoms with van der Waals surface area (Å²) in [7, 11) is -2.03. The first kappa shape index (κ1) is 14.6. The Morgan fingerprint density at radius 2 is 2.05 bits per heavy atom. The minimum atomic E-state index is -3.19. The number of carbonyl (C=O) groups is 1. The van der Waals surface area contributed by atoms with Crippen molar-refractivity contribution in [2.75, 3.05) is 11.4 Å². The number of hydrogen-bond donors (Lipinski definition) is 1. The van der Waals surface area contributed by atoms with Gasteiger partial charge in [0.1, 0.15) is 0 Å². The number of benzene rings is 1. The standard InChI is InChI=1S/C14H19BN2O3S/c15-21(19,20)16-8-11-3-5-13-12(7-11)4-6-14(18)17(13)9-10-1-2-10/h3,5,7,10,16H,1-2,4,6,8-9,15H2. The first-order chi connectivity index (χ1) is 9.92. The molecule has 1 fully saturated rings. The lowest BCUT2D eigenvalue weighted by Gasteiger charge is -2.30. The van der Waals surface area contributed by atoms with Gasteiger partial charge in [-0.05, 0) is 42.4 Å². The van der Waals surface area contributed by atoms with Crippen LogP contribution in [0, 0.1) is 5.92 Å². The van der Waals surface area contributed by atoms with Gasteiger partial charge in [-0.15, -0.1) is 0 Å². The van der Waals surface area contributed by atoms with Crippen LogP contribution in [0.1, 0.15) is 30.4 Å². The lowest BCUT2D eigenvalue weighted by atomic mass is 9.98. The zero-order valence-electron chi connectivity index (χ0n) is 12.1. The highest BCUT2D eigenvalue weighted by atomic mass is 32.2. The highest BCUT2D eigenvalue weighted by Crippen LogP contribution is 2.35. The smallest absolute Gasteiger partial charge is 0.275 e. The van der Waals surface area contributed by atoms with Gasteiger partial charge in [0.2, 0.25) is 5.91 Å². The molecular weight excluding hydrogens is 287 g/mol. The van der Waals surface area contributed by atoms with Crippen LogP contribution < -0.4 is 9.62 Å². The molecule has 1 heterocycles. The topological polar surface area (TPSA) is 66.5 Å². The monoisotopic (exact) mass is 306 g/mol. The highest BCUT2D eigenvalue weighted by molar-refractivity contribution is 8.10. The summed E-state index contributed by atoms with van der Waals surface area (Å²) in [5.41, 5.74) is 3.07. The van der Waals surface area contributed by atoms with E-state index in [1.54, 1.807) is 0 Å². The Hall–Kier alpha value is -1.34. The second-order valence-corrected chi connectivity index (χ2v) is 7.84. The maximum absolute atomic E-state index is 12.1. The number of carbonyl (C=O) groups excluding carboxylic acids is 1. The van der Waals surface area contributed by atoms with Gasteiger partial charge >= 0.3 is 0 Å². The van der Waals surface area contributed by atoms with Crippen molar-refractivity contribution in [2.45, 2.75) is 32.2 Å². The Morgan fingerprint density at radius 3 is 2.71 bits per heavy atom. The Labute approximate surface area is 126 Å². The second kappa shape index (κ2) is 5.46. The third-order valence-electron chi connectivity index (χ3n) is 4.02. The molecule has 1 saturated carbocycles. The van der Waals surface area contributed by atoms with Crippen molar-refractivity contribution in [2.24, 2.45) is 5.92 Å². The van der Waals surface area contributed by atoms with E-state index in [0.717, 1.165) is 36.9 Å². The van der Waals surface area contributed by atoms with Gasteiger partial charge in [-0.25, -0.2) is 13.1 Å². The first-order valence-corrected chi connectivity index (χ1v) is 9.18. The number of rotatable bonds is 5. The quantitative estimate of drug-likeness (QED) is 0.798. The number of fused-ring (bicyclic) bond motifs is 1. The molecule has 0 bridgehead atoms. The summed E-state index contributed by atoms with van der Waals surface area (Å²) >= 11 is 0. The predicted molar refractivity (Wildman–Crippen MR) is 84.1 cm³/mol. The Balaban J connectivity index is 1.79. The maximum atomic E-state index is 12.1. The lowest BCUT2D eigenvalue weighted by Crippen LogP contribution is -2.36. The number of amides is 1. The van der Waals surface area contributed by atoms with Crippen molar-refractivity contribution < 1.29 is 13.2 Å². The minimum absolute atomic E-state index is 0.205. The van der Waals surface area contributed by atoms with Crippen molar-refractivity contribution >= 4 is 28.6 Å². The zero-order chi connectivity index (χ0) is 15.0. The third kappa shape index (κ3) is 3.65. The molecule has 1 aromatic rings. The van der Waals surface area contributed by atoms with Gasteiger partial charge in [-0.3, -0.25) is 4.79 Å². The number of nitrogens with one attached hydrogen (secondary N) is 1. The summed E-state index contributed by atoms with van der Waals surface area (Å²) in [4.78, 5) is 14.0. The van der Waals surface area contributed by atoms with Gasteiger partial charge in [0.05, 0.1) is 0 Å². The first-order valence-electron chi connectivity index (χ1n) is 7.29. The van der Waals surface area contributed by atoms with E-state index < -0.39 is 9.87 Å². The van der Waals surface area contributed by atoms with Crippen LogP contribution in [0.25, 0.3) is 0 Å². The van der Waals surface area contributed by atoms with Crippen LogP contribution in [0.2, 0.25) is 0 Å². The predicted octanol–water partition coefficient (Wildman–Crippen LogP) is 0.343. The van der Waals surface area contributed by atoms with E-state index in [4.69, 9.17) is 0 Å². The van der Waals surface area contributed by atoms with Crippen LogP contribution in [0.5, 0.6) is 0 Å². The minimum Gasteiger partial charge on any atom is -0.312 e. The van der Waals surface area contributed by atoms with Crippen molar-refractivity contribution in [3.63, 3.8) is 0 Å². The average molecular weight is 306 g/mol. The molecule has 1 aliphatic heterocycles. The molecule has 1 N–H and O–H groups in total. The largest absolute Gasteiger partial charge is 0.312 e. The van der Waals surface area contributed by atoms with E-state index in [1.165, 1.54) is 12.8 Å². The number of nitrogens with zero attached hydrogens (tertiary/aromatic N) is 1. The molecule has 1 aliphatic carbocycles. The van der Waals surface area contributed by atoms with Crippen molar-refractivity contribution in [1.29, 1.82) is 0 Å². The molecule has 1 aromatic carbocycles. The van der Waals surface area contributed by atoms with Crippen LogP contribution in [0.3, 0.4) is 0 Å². The van der Waals surface area contributed by atoms with E-state index in [1.807, 2.05) is 23.1 Å². The van der Waals surface area contributed by atoms with Crippen LogP contribution >= 0.6 is 0 Å². The Bertz CT molecular complexity index is 671. The van der Waals surface area contributed by atoms with Crippen LogP contribution in [0.15, 0.2) is 18.2 Å². The summed E-state index contributed by atoms with van der Waals surface area (Å²) in [6.07, 6.45) is 3.72. The fourth-order valence-corrected chi connectivity index (χ4v) is 3.13. The van der Waals surface area contributed by atoms with E-state index in [0.29, 0.717) is 18.9 Å². The molecule has 0 atom stereocenters. The summed E-state index contributed by atoms with van der Waals surface area (Å²) in [6, 6.07) is 5.86. The molecule has 7 heteroatoms. The molecule has 5 nitrogen and oxygen atoms in total. The molecule has 112 valence electrons. The van der Waals surface area contributed by atoms with Gasteiger partial charge in [-0.1, -0.05) is 12.1 Å².